The summed E-state index contributed by atoms with van der Waals surface area (Å²) in [5, 5.41) is 7.89. The monoisotopic (exact) mass is 517 g/mol. The fourth-order valence-corrected chi connectivity index (χ4v) is 4.68. The van der Waals surface area contributed by atoms with Gasteiger partial charge in [-0.05, 0) is 63.6 Å². The minimum atomic E-state index is -0.147. The molecule has 9 heteroatoms. The van der Waals surface area contributed by atoms with Crippen molar-refractivity contribution in [2.75, 3.05) is 38.8 Å². The Labute approximate surface area is 223 Å². The van der Waals surface area contributed by atoms with Gasteiger partial charge >= 0.3 is 0 Å². The van der Waals surface area contributed by atoms with Gasteiger partial charge in [-0.3, -0.25) is 4.79 Å². The number of carbonyl (C=O) groups excluding carboxylic acids is 1. The number of hydrogen-bond acceptors (Lipinski definition) is 7. The Hall–Kier alpha value is -4.27. The first-order valence-corrected chi connectivity index (χ1v) is 12.6. The molecule has 1 saturated heterocycles. The standard InChI is InChI=1S/C29H35N5O4/c1-7-9-10-23(8-2)38-18-27(35)31-22-13-14-33(17-22)24-15-19(3)32-34-28(20(4)30-29(24)34)21-11-12-25(36-5)26(16-21)37-6/h7-12,15-16,22H,1,13-14,17-18H2,2-6H3,(H,31,35)/b10-9-,23-8+. The molecule has 1 aromatic carbocycles. The number of anilines is 1. The highest BCUT2D eigenvalue weighted by Gasteiger charge is 2.27. The van der Waals surface area contributed by atoms with Crippen LogP contribution in [0.4, 0.5) is 5.69 Å². The van der Waals surface area contributed by atoms with Crippen LogP contribution in [0.1, 0.15) is 24.7 Å². The minimum absolute atomic E-state index is 0.0128. The van der Waals surface area contributed by atoms with Crippen molar-refractivity contribution in [2.24, 2.45) is 0 Å². The molecular formula is C29H35N5O4. The van der Waals surface area contributed by atoms with Crippen molar-refractivity contribution in [3.05, 3.63) is 72.3 Å². The van der Waals surface area contributed by atoms with Crippen LogP contribution < -0.4 is 19.7 Å². The average molecular weight is 518 g/mol. The van der Waals surface area contributed by atoms with Crippen LogP contribution in [-0.4, -0.2) is 60.5 Å². The van der Waals surface area contributed by atoms with E-state index in [2.05, 4.69) is 22.9 Å². The maximum atomic E-state index is 12.5. The molecule has 1 aliphatic rings. The number of aryl methyl sites for hydroxylation is 2. The summed E-state index contributed by atoms with van der Waals surface area (Å²) in [4.78, 5) is 19.7. The van der Waals surface area contributed by atoms with Gasteiger partial charge in [-0.2, -0.15) is 5.10 Å². The first-order chi connectivity index (χ1) is 18.4. The first-order valence-electron chi connectivity index (χ1n) is 12.6. The second-order valence-corrected chi connectivity index (χ2v) is 9.10. The van der Waals surface area contributed by atoms with Gasteiger partial charge in [-0.1, -0.05) is 18.7 Å². The summed E-state index contributed by atoms with van der Waals surface area (Å²) in [5.41, 5.74) is 5.34. The van der Waals surface area contributed by atoms with E-state index in [1.807, 2.05) is 49.6 Å². The molecule has 200 valence electrons. The lowest BCUT2D eigenvalue weighted by Gasteiger charge is -2.20. The summed E-state index contributed by atoms with van der Waals surface area (Å²) in [6.45, 7) is 10.9. The Bertz CT molecular complexity index is 1390. The number of allylic oxidation sites excluding steroid dienone is 4. The molecule has 0 bridgehead atoms. The van der Waals surface area contributed by atoms with Crippen molar-refractivity contribution < 1.29 is 19.0 Å². The smallest absolute Gasteiger partial charge is 0.258 e. The number of ether oxygens (including phenoxy) is 3. The highest BCUT2D eigenvalue weighted by Crippen LogP contribution is 2.35. The van der Waals surface area contributed by atoms with Crippen LogP contribution >= 0.6 is 0 Å². The van der Waals surface area contributed by atoms with E-state index in [4.69, 9.17) is 24.3 Å². The van der Waals surface area contributed by atoms with E-state index in [1.165, 1.54) is 0 Å². The quantitative estimate of drug-likeness (QED) is 0.315. The number of benzene rings is 1. The molecule has 1 amide bonds. The van der Waals surface area contributed by atoms with Crippen LogP contribution in [0.25, 0.3) is 16.9 Å². The number of carbonyl (C=O) groups is 1. The van der Waals surface area contributed by atoms with Crippen molar-refractivity contribution in [3.8, 4) is 22.8 Å². The van der Waals surface area contributed by atoms with Gasteiger partial charge in [0.05, 0.1) is 37.0 Å². The van der Waals surface area contributed by atoms with Crippen molar-refractivity contribution in [1.82, 2.24) is 19.9 Å². The molecular weight excluding hydrogens is 482 g/mol. The van der Waals surface area contributed by atoms with Gasteiger partial charge in [0.2, 0.25) is 0 Å². The SMILES string of the molecule is C=C/C=C\C(=C/C)OCC(=O)NC1CCN(c2cc(C)nn3c(-c4ccc(OC)c(OC)c4)c(C)nc23)C1. The molecule has 0 aliphatic carbocycles. The third kappa shape index (κ3) is 5.66. The predicted molar refractivity (Wildman–Crippen MR) is 149 cm³/mol. The summed E-state index contributed by atoms with van der Waals surface area (Å²) in [5.74, 6) is 1.79. The van der Waals surface area contributed by atoms with Crippen molar-refractivity contribution >= 4 is 17.2 Å². The summed E-state index contributed by atoms with van der Waals surface area (Å²) in [6, 6.07) is 7.87. The number of imidazole rings is 1. The lowest BCUT2D eigenvalue weighted by Crippen LogP contribution is -2.39. The van der Waals surface area contributed by atoms with E-state index >= 15 is 0 Å². The van der Waals surface area contributed by atoms with E-state index in [9.17, 15) is 4.79 Å². The molecule has 0 radical (unpaired) electrons. The molecule has 1 aliphatic heterocycles. The number of aromatic nitrogens is 3. The molecule has 38 heavy (non-hydrogen) atoms. The minimum Gasteiger partial charge on any atom is -0.493 e. The Balaban J connectivity index is 1.53. The number of fused-ring (bicyclic) bond motifs is 1. The molecule has 2 aromatic heterocycles. The summed E-state index contributed by atoms with van der Waals surface area (Å²) in [7, 11) is 3.24. The molecule has 1 atom stereocenters. The van der Waals surface area contributed by atoms with E-state index in [0.717, 1.165) is 46.9 Å². The predicted octanol–water partition coefficient (Wildman–Crippen LogP) is 4.39. The van der Waals surface area contributed by atoms with Gasteiger partial charge in [0.15, 0.2) is 23.8 Å². The zero-order chi connectivity index (χ0) is 27.2. The van der Waals surface area contributed by atoms with Crippen LogP contribution in [0, 0.1) is 13.8 Å². The third-order valence-corrected chi connectivity index (χ3v) is 6.46. The van der Waals surface area contributed by atoms with Gasteiger partial charge in [0.1, 0.15) is 5.76 Å². The maximum Gasteiger partial charge on any atom is 0.258 e. The second kappa shape index (κ2) is 11.9. The molecule has 3 heterocycles. The summed E-state index contributed by atoms with van der Waals surface area (Å²) < 4.78 is 18.4. The molecule has 1 N–H and O–H groups in total. The number of rotatable bonds is 10. The Morgan fingerprint density at radius 3 is 2.71 bits per heavy atom. The fourth-order valence-electron chi connectivity index (χ4n) is 4.68. The topological polar surface area (TPSA) is 90.2 Å². The maximum absolute atomic E-state index is 12.5. The van der Waals surface area contributed by atoms with Crippen LogP contribution in [0.15, 0.2) is 60.9 Å². The van der Waals surface area contributed by atoms with E-state index in [1.54, 1.807) is 32.4 Å². The molecule has 0 saturated carbocycles. The fraction of sp³-hybridized carbons (Fsp3) is 0.345. The lowest BCUT2D eigenvalue weighted by molar-refractivity contribution is -0.124. The summed E-state index contributed by atoms with van der Waals surface area (Å²) in [6.07, 6.45) is 7.85. The number of hydrogen-bond donors (Lipinski definition) is 1. The summed E-state index contributed by atoms with van der Waals surface area (Å²) >= 11 is 0. The van der Waals surface area contributed by atoms with Gasteiger partial charge < -0.3 is 24.4 Å². The van der Waals surface area contributed by atoms with Crippen LogP contribution in [-0.2, 0) is 9.53 Å². The largest absolute Gasteiger partial charge is 0.493 e. The van der Waals surface area contributed by atoms with Gasteiger partial charge in [0.25, 0.3) is 5.91 Å². The van der Waals surface area contributed by atoms with Crippen LogP contribution in [0.3, 0.4) is 0 Å². The lowest BCUT2D eigenvalue weighted by atomic mass is 10.1. The third-order valence-electron chi connectivity index (χ3n) is 6.46. The van der Waals surface area contributed by atoms with E-state index < -0.39 is 0 Å². The highest BCUT2D eigenvalue weighted by molar-refractivity contribution is 5.79. The number of methoxy groups -OCH3 is 2. The van der Waals surface area contributed by atoms with Crippen LogP contribution in [0.2, 0.25) is 0 Å². The zero-order valence-electron chi connectivity index (χ0n) is 22.7. The van der Waals surface area contributed by atoms with Gasteiger partial charge in [0, 0.05) is 24.7 Å². The molecule has 1 unspecified atom stereocenters. The average Bonchev–Trinajstić information content (AvgIpc) is 3.51. The first kappa shape index (κ1) is 26.8. The molecule has 1 fully saturated rings. The molecule has 4 rings (SSSR count). The van der Waals surface area contributed by atoms with E-state index in [0.29, 0.717) is 23.8 Å². The molecule has 3 aromatic rings. The van der Waals surface area contributed by atoms with Gasteiger partial charge in [-0.25, -0.2) is 9.50 Å². The van der Waals surface area contributed by atoms with Crippen molar-refractivity contribution in [2.45, 2.75) is 33.2 Å². The second-order valence-electron chi connectivity index (χ2n) is 9.10. The Morgan fingerprint density at radius 2 is 2.00 bits per heavy atom. The highest BCUT2D eigenvalue weighted by atomic mass is 16.5. The van der Waals surface area contributed by atoms with Crippen molar-refractivity contribution in [1.29, 1.82) is 0 Å². The van der Waals surface area contributed by atoms with Crippen molar-refractivity contribution in [3.63, 3.8) is 0 Å². The normalized spacial score (nSPS) is 15.8. The van der Waals surface area contributed by atoms with Gasteiger partial charge in [-0.15, -0.1) is 0 Å². The zero-order valence-corrected chi connectivity index (χ0v) is 22.7. The Kier molecular flexibility index (Phi) is 8.35. The number of amides is 1. The molecule has 0 spiro atoms. The number of nitrogens with one attached hydrogen (secondary N) is 1. The number of nitrogens with zero attached hydrogens (tertiary/aromatic N) is 4. The molecule has 9 nitrogen and oxygen atoms in total. The Morgan fingerprint density at radius 1 is 1.21 bits per heavy atom. The van der Waals surface area contributed by atoms with Crippen LogP contribution in [0.5, 0.6) is 11.5 Å². The van der Waals surface area contributed by atoms with E-state index in [-0.39, 0.29) is 18.6 Å².